The second-order valence-electron chi connectivity index (χ2n) is 17.4. The van der Waals surface area contributed by atoms with E-state index in [1.807, 2.05) is 0 Å². The van der Waals surface area contributed by atoms with E-state index in [-0.39, 0.29) is 17.7 Å². The van der Waals surface area contributed by atoms with Gasteiger partial charge in [-0.25, -0.2) is 0 Å². The van der Waals surface area contributed by atoms with E-state index in [4.69, 9.17) is 5.73 Å². The Labute approximate surface area is 294 Å². The number of rotatable bonds is 17. The van der Waals surface area contributed by atoms with Crippen molar-refractivity contribution in [2.75, 3.05) is 0 Å². The molecular weight excluding hydrogens is 628 g/mol. The molecule has 8 N–H and O–H groups in total. The van der Waals surface area contributed by atoms with Gasteiger partial charge < -0.3 is 37.4 Å². The van der Waals surface area contributed by atoms with Gasteiger partial charge in [-0.2, -0.15) is 0 Å². The van der Waals surface area contributed by atoms with Crippen LogP contribution < -0.4 is 32.3 Å². The van der Waals surface area contributed by atoms with E-state index in [1.54, 1.807) is 111 Å². The van der Waals surface area contributed by atoms with E-state index in [9.17, 15) is 33.9 Å². The second kappa shape index (κ2) is 15.8. The van der Waals surface area contributed by atoms with Crippen LogP contribution in [-0.2, 0) is 28.8 Å². The minimum atomic E-state index is -1.20. The van der Waals surface area contributed by atoms with Crippen LogP contribution in [0, 0.1) is 32.5 Å². The fourth-order valence-corrected chi connectivity index (χ4v) is 3.99. The molecule has 0 aliphatic rings. The lowest BCUT2D eigenvalue weighted by atomic mass is 9.78. The fraction of sp³-hybridized carbons (Fsp3) is 0.833. The highest BCUT2D eigenvalue weighted by Crippen LogP contribution is 2.30. The highest BCUT2D eigenvalue weighted by Gasteiger charge is 2.45. The van der Waals surface area contributed by atoms with Crippen LogP contribution in [0.1, 0.15) is 125 Å². The first-order valence-electron chi connectivity index (χ1n) is 17.2. The molecule has 0 aromatic heterocycles. The minimum absolute atomic E-state index is 0.264. The molecule has 0 radical (unpaired) electrons. The third kappa shape index (κ3) is 10.4. The SMILES string of the molecule is C[C@H](N)C(C)(C)C(=O)N[C@@H](C)C(C)(C)C(=O)N[C@@H](C)C(C)(C)C(=O)N[C@@H](C)C(C)(C)C(=O)N[C@@H](C)C(C)(C)C(=O)N[C@@H](C)C(C)(C)C(=O)O. The van der Waals surface area contributed by atoms with Crippen LogP contribution in [-0.4, -0.2) is 76.9 Å². The predicted octanol–water partition coefficient (Wildman–Crippen LogP) is 3.10. The first-order chi connectivity index (χ1) is 21.6. The molecule has 284 valence electrons. The number of carboxylic acids is 1. The number of carboxylic acid groups (broad SMARTS) is 1. The number of aliphatic carboxylic acids is 1. The standard InChI is InChI=1S/C36H68N6O7/c1-19(37)31(7,8)25(43)38-20(2)32(9,10)26(44)39-21(3)33(11,12)27(45)40-22(4)34(13,14)28(46)41-23(5)35(15,16)29(47)42-24(6)36(17,18)30(48)49/h19-24H,37H2,1-18H3,(H,38,43)(H,39,44)(H,40,45)(H,41,46)(H,42,47)(H,48,49)/t19-,20-,21-,22-,23-,24-/m0/s1. The molecule has 0 aromatic carbocycles. The summed E-state index contributed by atoms with van der Waals surface area (Å²) < 4.78 is 0. The van der Waals surface area contributed by atoms with Gasteiger partial charge in [-0.1, -0.05) is 0 Å². The summed E-state index contributed by atoms with van der Waals surface area (Å²) in [5, 5.41) is 24.0. The maximum absolute atomic E-state index is 13.6. The topological polar surface area (TPSA) is 209 Å². The monoisotopic (exact) mass is 697 g/mol. The van der Waals surface area contributed by atoms with Crippen molar-refractivity contribution in [1.82, 2.24) is 26.6 Å². The minimum Gasteiger partial charge on any atom is -0.481 e. The number of carbonyl (C=O) groups excluding carboxylic acids is 5. The van der Waals surface area contributed by atoms with Crippen molar-refractivity contribution >= 4 is 35.5 Å². The van der Waals surface area contributed by atoms with Crippen molar-refractivity contribution in [1.29, 1.82) is 0 Å². The Kier molecular flexibility index (Phi) is 14.7. The molecule has 0 unspecified atom stereocenters. The van der Waals surface area contributed by atoms with Crippen molar-refractivity contribution < 1.29 is 33.9 Å². The third-order valence-corrected chi connectivity index (χ3v) is 11.8. The maximum atomic E-state index is 13.6. The molecule has 13 nitrogen and oxygen atoms in total. The lowest BCUT2D eigenvalue weighted by molar-refractivity contribution is -0.149. The van der Waals surface area contributed by atoms with Gasteiger partial charge in [-0.15, -0.1) is 0 Å². The molecule has 0 spiro atoms. The van der Waals surface area contributed by atoms with E-state index >= 15 is 0 Å². The summed E-state index contributed by atoms with van der Waals surface area (Å²) in [7, 11) is 0. The van der Waals surface area contributed by atoms with Crippen LogP contribution >= 0.6 is 0 Å². The van der Waals surface area contributed by atoms with Gasteiger partial charge in [0, 0.05) is 36.3 Å². The molecule has 0 fully saturated rings. The molecule has 5 amide bonds. The summed E-state index contributed by atoms with van der Waals surface area (Å²) in [6.07, 6.45) is 0. The molecule has 13 heteroatoms. The molecule has 0 heterocycles. The van der Waals surface area contributed by atoms with Gasteiger partial charge in [0.1, 0.15) is 0 Å². The Morgan fingerprint density at radius 3 is 0.714 bits per heavy atom. The maximum Gasteiger partial charge on any atom is 0.311 e. The first kappa shape index (κ1) is 45.8. The summed E-state index contributed by atoms with van der Waals surface area (Å²) in [5.74, 6) is -2.83. The molecule has 0 rings (SSSR count). The van der Waals surface area contributed by atoms with E-state index in [1.165, 1.54) is 13.8 Å². The van der Waals surface area contributed by atoms with Crippen molar-refractivity contribution in [2.45, 2.75) is 161 Å². The summed E-state index contributed by atoms with van der Waals surface area (Å²) in [5.41, 5.74) is -0.367. The van der Waals surface area contributed by atoms with Gasteiger partial charge in [0.25, 0.3) is 0 Å². The summed E-state index contributed by atoms with van der Waals surface area (Å²) in [6.45, 7) is 30.4. The highest BCUT2D eigenvalue weighted by atomic mass is 16.4. The average Bonchev–Trinajstić information content (AvgIpc) is 2.95. The Morgan fingerprint density at radius 1 is 0.388 bits per heavy atom. The number of hydrogen-bond donors (Lipinski definition) is 7. The molecule has 0 aliphatic carbocycles. The van der Waals surface area contributed by atoms with Crippen LogP contribution in [0.3, 0.4) is 0 Å². The van der Waals surface area contributed by atoms with E-state index in [0.717, 1.165) is 0 Å². The lowest BCUT2D eigenvalue weighted by Gasteiger charge is -2.40. The van der Waals surface area contributed by atoms with E-state index in [0.29, 0.717) is 0 Å². The normalized spacial score (nSPS) is 17.0. The van der Waals surface area contributed by atoms with Gasteiger partial charge in [-0.05, 0) is 125 Å². The first-order valence-corrected chi connectivity index (χ1v) is 17.2. The molecular formula is C36H68N6O7. The zero-order chi connectivity index (χ0) is 39.5. The summed E-state index contributed by atoms with van der Waals surface area (Å²) >= 11 is 0. The summed E-state index contributed by atoms with van der Waals surface area (Å²) in [6, 6.07) is -3.53. The summed E-state index contributed by atoms with van der Waals surface area (Å²) in [4.78, 5) is 78.3. The Hall–Kier alpha value is -3.22. The van der Waals surface area contributed by atoms with Crippen molar-refractivity contribution in [3.63, 3.8) is 0 Å². The van der Waals surface area contributed by atoms with Gasteiger partial charge in [0.05, 0.1) is 32.5 Å². The van der Waals surface area contributed by atoms with Crippen LogP contribution in [0.4, 0.5) is 0 Å². The fourth-order valence-electron chi connectivity index (χ4n) is 3.99. The van der Waals surface area contributed by atoms with Crippen LogP contribution in [0.2, 0.25) is 0 Å². The van der Waals surface area contributed by atoms with Crippen molar-refractivity contribution in [3.8, 4) is 0 Å². The Morgan fingerprint density at radius 2 is 0.551 bits per heavy atom. The van der Waals surface area contributed by atoms with Crippen molar-refractivity contribution in [2.24, 2.45) is 38.2 Å². The lowest BCUT2D eigenvalue weighted by Crippen LogP contribution is -2.61. The largest absolute Gasteiger partial charge is 0.481 e. The predicted molar refractivity (Wildman–Crippen MR) is 192 cm³/mol. The van der Waals surface area contributed by atoms with E-state index < -0.39 is 86.5 Å². The molecule has 0 bridgehead atoms. The van der Waals surface area contributed by atoms with E-state index in [2.05, 4.69) is 26.6 Å². The molecule has 0 aromatic rings. The van der Waals surface area contributed by atoms with Crippen molar-refractivity contribution in [3.05, 3.63) is 0 Å². The zero-order valence-electron chi connectivity index (χ0n) is 33.4. The average molecular weight is 697 g/mol. The number of hydrogen-bond acceptors (Lipinski definition) is 7. The van der Waals surface area contributed by atoms with Gasteiger partial charge in [-0.3, -0.25) is 28.8 Å². The quantitative estimate of drug-likeness (QED) is 0.120. The second-order valence-corrected chi connectivity index (χ2v) is 17.4. The van der Waals surface area contributed by atoms with Gasteiger partial charge in [0.15, 0.2) is 0 Å². The van der Waals surface area contributed by atoms with Crippen LogP contribution in [0.5, 0.6) is 0 Å². The highest BCUT2D eigenvalue weighted by molar-refractivity contribution is 5.90. The van der Waals surface area contributed by atoms with Crippen LogP contribution in [0.25, 0.3) is 0 Å². The van der Waals surface area contributed by atoms with Gasteiger partial charge in [0.2, 0.25) is 29.5 Å². The molecule has 0 saturated carbocycles. The Bertz CT molecular complexity index is 1250. The smallest absolute Gasteiger partial charge is 0.311 e. The molecule has 49 heavy (non-hydrogen) atoms. The number of carbonyl (C=O) groups is 6. The molecule has 0 saturated heterocycles. The zero-order valence-corrected chi connectivity index (χ0v) is 33.4. The molecule has 6 atom stereocenters. The van der Waals surface area contributed by atoms with Crippen LogP contribution in [0.15, 0.2) is 0 Å². The number of amides is 5. The number of nitrogens with two attached hydrogens (primary N) is 1. The third-order valence-electron chi connectivity index (χ3n) is 11.8. The number of nitrogens with one attached hydrogen (secondary N) is 5. The Balaban J connectivity index is 5.63. The molecule has 0 aliphatic heterocycles. The van der Waals surface area contributed by atoms with Gasteiger partial charge >= 0.3 is 5.97 Å².